The van der Waals surface area contributed by atoms with E-state index in [1.807, 2.05) is 0 Å². The number of rotatable bonds is 2. The first-order valence-corrected chi connectivity index (χ1v) is 5.38. The molecule has 0 aliphatic carbocycles. The number of aliphatic imine (C=N–C) groups is 1. The molecule has 2 rings (SSSR count). The minimum absolute atomic E-state index is 0.0708. The number of carbonyl (C=O) groups excluding carboxylic acids is 1. The SMILES string of the molecule is O=C(CC1COC1)NC1=NCCS1. The summed E-state index contributed by atoms with van der Waals surface area (Å²) in [6.07, 6.45) is 0.569. The normalized spacial score (nSPS) is 22.3. The fraction of sp³-hybridized carbons (Fsp3) is 0.750. The molecule has 0 saturated carbocycles. The molecule has 5 heteroatoms. The van der Waals surface area contributed by atoms with Crippen LogP contribution in [0, 0.1) is 5.92 Å². The van der Waals surface area contributed by atoms with Gasteiger partial charge in [0.2, 0.25) is 5.91 Å². The molecule has 1 fully saturated rings. The molecule has 13 heavy (non-hydrogen) atoms. The predicted molar refractivity (Wildman–Crippen MR) is 51.8 cm³/mol. The maximum atomic E-state index is 11.3. The molecule has 72 valence electrons. The second-order valence-electron chi connectivity index (χ2n) is 3.19. The summed E-state index contributed by atoms with van der Waals surface area (Å²) in [5.41, 5.74) is 0. The van der Waals surface area contributed by atoms with E-state index < -0.39 is 0 Å². The Bertz CT molecular complexity index is 238. The molecule has 0 radical (unpaired) electrons. The number of hydrogen-bond donors (Lipinski definition) is 1. The van der Waals surface area contributed by atoms with E-state index in [0.29, 0.717) is 12.3 Å². The maximum Gasteiger partial charge on any atom is 0.226 e. The Labute approximate surface area is 81.1 Å². The van der Waals surface area contributed by atoms with Gasteiger partial charge < -0.3 is 10.1 Å². The molecule has 1 amide bonds. The molecule has 2 heterocycles. The Morgan fingerprint density at radius 1 is 1.69 bits per heavy atom. The van der Waals surface area contributed by atoms with Gasteiger partial charge in [-0.3, -0.25) is 9.79 Å². The van der Waals surface area contributed by atoms with Crippen molar-refractivity contribution in [1.82, 2.24) is 5.32 Å². The number of amidine groups is 1. The van der Waals surface area contributed by atoms with Crippen LogP contribution in [-0.4, -0.2) is 36.6 Å². The summed E-state index contributed by atoms with van der Waals surface area (Å²) in [4.78, 5) is 15.5. The van der Waals surface area contributed by atoms with E-state index in [1.54, 1.807) is 11.8 Å². The Kier molecular flexibility index (Phi) is 2.85. The van der Waals surface area contributed by atoms with Crippen molar-refractivity contribution in [3.8, 4) is 0 Å². The number of hydrogen-bond acceptors (Lipinski definition) is 4. The van der Waals surface area contributed by atoms with Crippen LogP contribution in [0.2, 0.25) is 0 Å². The molecule has 1 N–H and O–H groups in total. The van der Waals surface area contributed by atoms with Gasteiger partial charge in [0.25, 0.3) is 0 Å². The zero-order chi connectivity index (χ0) is 9.10. The van der Waals surface area contributed by atoms with E-state index in [9.17, 15) is 4.79 Å². The summed E-state index contributed by atoms with van der Waals surface area (Å²) in [7, 11) is 0. The molecule has 1 saturated heterocycles. The molecule has 2 aliphatic rings. The van der Waals surface area contributed by atoms with Crippen molar-refractivity contribution < 1.29 is 9.53 Å². The van der Waals surface area contributed by atoms with E-state index in [4.69, 9.17) is 4.74 Å². The van der Waals surface area contributed by atoms with Crippen LogP contribution in [0.15, 0.2) is 4.99 Å². The fourth-order valence-electron chi connectivity index (χ4n) is 1.25. The summed E-state index contributed by atoms with van der Waals surface area (Å²) >= 11 is 1.61. The monoisotopic (exact) mass is 200 g/mol. The van der Waals surface area contributed by atoms with Crippen molar-refractivity contribution >= 4 is 22.8 Å². The minimum atomic E-state index is 0.0708. The summed E-state index contributed by atoms with van der Waals surface area (Å²) in [6.45, 7) is 2.28. The van der Waals surface area contributed by atoms with Gasteiger partial charge in [-0.05, 0) is 0 Å². The number of carbonyl (C=O) groups is 1. The van der Waals surface area contributed by atoms with Crippen LogP contribution >= 0.6 is 11.8 Å². The van der Waals surface area contributed by atoms with Crippen molar-refractivity contribution in [2.45, 2.75) is 6.42 Å². The van der Waals surface area contributed by atoms with Crippen LogP contribution in [0.1, 0.15) is 6.42 Å². The predicted octanol–water partition coefficient (Wildman–Crippen LogP) is 0.242. The molecular formula is C8H12N2O2S. The van der Waals surface area contributed by atoms with Gasteiger partial charge in [0.05, 0.1) is 19.8 Å². The van der Waals surface area contributed by atoms with Crippen molar-refractivity contribution in [3.63, 3.8) is 0 Å². The molecular weight excluding hydrogens is 188 g/mol. The van der Waals surface area contributed by atoms with E-state index >= 15 is 0 Å². The van der Waals surface area contributed by atoms with Gasteiger partial charge in [-0.15, -0.1) is 0 Å². The van der Waals surface area contributed by atoms with Gasteiger partial charge in [-0.2, -0.15) is 0 Å². The van der Waals surface area contributed by atoms with E-state index in [-0.39, 0.29) is 5.91 Å². The highest BCUT2D eigenvalue weighted by atomic mass is 32.2. The third-order valence-electron chi connectivity index (χ3n) is 2.01. The van der Waals surface area contributed by atoms with Gasteiger partial charge in [0, 0.05) is 18.1 Å². The lowest BCUT2D eigenvalue weighted by Crippen LogP contribution is -2.35. The second-order valence-corrected chi connectivity index (χ2v) is 4.27. The lowest BCUT2D eigenvalue weighted by molar-refractivity contribution is -0.125. The Morgan fingerprint density at radius 3 is 3.08 bits per heavy atom. The van der Waals surface area contributed by atoms with Crippen LogP contribution in [-0.2, 0) is 9.53 Å². The largest absolute Gasteiger partial charge is 0.381 e. The number of nitrogens with zero attached hydrogens (tertiary/aromatic N) is 1. The molecule has 0 spiro atoms. The topological polar surface area (TPSA) is 50.7 Å². The van der Waals surface area contributed by atoms with Gasteiger partial charge in [0.1, 0.15) is 0 Å². The highest BCUT2D eigenvalue weighted by molar-refractivity contribution is 8.14. The van der Waals surface area contributed by atoms with Crippen LogP contribution in [0.4, 0.5) is 0 Å². The van der Waals surface area contributed by atoms with Crippen molar-refractivity contribution in [3.05, 3.63) is 0 Å². The third kappa shape index (κ3) is 2.45. The first kappa shape index (κ1) is 9.02. The molecule has 0 unspecified atom stereocenters. The number of amides is 1. The summed E-state index contributed by atoms with van der Waals surface area (Å²) < 4.78 is 4.99. The lowest BCUT2D eigenvalue weighted by Gasteiger charge is -2.24. The lowest BCUT2D eigenvalue weighted by atomic mass is 10.0. The highest BCUT2D eigenvalue weighted by Gasteiger charge is 2.22. The first-order chi connectivity index (χ1) is 6.34. The fourth-order valence-corrected chi connectivity index (χ4v) is 1.99. The Hall–Kier alpha value is -0.550. The quantitative estimate of drug-likeness (QED) is 0.694. The van der Waals surface area contributed by atoms with E-state index in [2.05, 4.69) is 10.3 Å². The number of ether oxygens (including phenoxy) is 1. The summed E-state index contributed by atoms with van der Waals surface area (Å²) in [6, 6.07) is 0. The number of nitrogens with one attached hydrogen (secondary N) is 1. The van der Waals surface area contributed by atoms with Crippen LogP contribution in [0.25, 0.3) is 0 Å². The molecule has 2 aliphatic heterocycles. The zero-order valence-electron chi connectivity index (χ0n) is 7.28. The van der Waals surface area contributed by atoms with E-state index in [0.717, 1.165) is 30.7 Å². The molecule has 0 aromatic heterocycles. The summed E-state index contributed by atoms with van der Waals surface area (Å²) in [5.74, 6) is 1.48. The third-order valence-corrected chi connectivity index (χ3v) is 2.90. The van der Waals surface area contributed by atoms with Gasteiger partial charge in [-0.1, -0.05) is 11.8 Å². The van der Waals surface area contributed by atoms with Gasteiger partial charge in [0.15, 0.2) is 5.17 Å². The highest BCUT2D eigenvalue weighted by Crippen LogP contribution is 2.15. The summed E-state index contributed by atoms with van der Waals surface area (Å²) in [5, 5.41) is 3.58. The van der Waals surface area contributed by atoms with Crippen LogP contribution < -0.4 is 5.32 Å². The molecule has 0 aromatic rings. The molecule has 0 bridgehead atoms. The average Bonchev–Trinajstić information content (AvgIpc) is 2.49. The molecule has 0 atom stereocenters. The van der Waals surface area contributed by atoms with E-state index in [1.165, 1.54) is 0 Å². The Balaban J connectivity index is 1.71. The minimum Gasteiger partial charge on any atom is -0.381 e. The van der Waals surface area contributed by atoms with Crippen molar-refractivity contribution in [1.29, 1.82) is 0 Å². The smallest absolute Gasteiger partial charge is 0.226 e. The van der Waals surface area contributed by atoms with Gasteiger partial charge >= 0.3 is 0 Å². The van der Waals surface area contributed by atoms with Crippen molar-refractivity contribution in [2.75, 3.05) is 25.5 Å². The first-order valence-electron chi connectivity index (χ1n) is 4.39. The second kappa shape index (κ2) is 4.11. The standard InChI is InChI=1S/C8H12N2O2S/c11-7(3-6-4-12-5-6)10-8-9-1-2-13-8/h6H,1-5H2,(H,9,10,11). The number of thioether (sulfide) groups is 1. The zero-order valence-corrected chi connectivity index (χ0v) is 8.10. The van der Waals surface area contributed by atoms with Crippen LogP contribution in [0.3, 0.4) is 0 Å². The van der Waals surface area contributed by atoms with Crippen molar-refractivity contribution in [2.24, 2.45) is 10.9 Å². The Morgan fingerprint density at radius 2 is 2.54 bits per heavy atom. The van der Waals surface area contributed by atoms with Gasteiger partial charge in [-0.25, -0.2) is 0 Å². The average molecular weight is 200 g/mol. The maximum absolute atomic E-state index is 11.3. The molecule has 4 nitrogen and oxygen atoms in total. The van der Waals surface area contributed by atoms with Crippen LogP contribution in [0.5, 0.6) is 0 Å². The molecule has 0 aromatic carbocycles.